The molecule has 3 nitrogen and oxygen atoms in total. The third-order valence-corrected chi connectivity index (χ3v) is 3.05. The van der Waals surface area contributed by atoms with Crippen molar-refractivity contribution in [2.75, 3.05) is 19.6 Å². The van der Waals surface area contributed by atoms with Crippen LogP contribution in [-0.4, -0.2) is 36.1 Å². The topological polar surface area (TPSA) is 43.1 Å². The Morgan fingerprint density at radius 1 is 1.64 bits per heavy atom. The fourth-order valence-corrected chi connectivity index (χ4v) is 2.31. The van der Waals surface area contributed by atoms with Gasteiger partial charge in [0.1, 0.15) is 12.6 Å². The number of hydrogen-bond donors (Lipinski definition) is 1. The van der Waals surface area contributed by atoms with Crippen LogP contribution in [0.2, 0.25) is 0 Å². The van der Waals surface area contributed by atoms with Crippen LogP contribution in [-0.2, 0) is 4.79 Å². The molecule has 0 aromatic carbocycles. The van der Waals surface area contributed by atoms with E-state index in [1.807, 2.05) is 0 Å². The van der Waals surface area contributed by atoms with Gasteiger partial charge in [-0.3, -0.25) is 0 Å². The third-order valence-electron chi connectivity index (χ3n) is 3.05. The molecule has 2 atom stereocenters. The predicted molar refractivity (Wildman–Crippen MR) is 41.7 cm³/mol. The summed E-state index contributed by atoms with van der Waals surface area (Å²) in [7, 11) is 0. The van der Waals surface area contributed by atoms with Gasteiger partial charge in [-0.25, -0.2) is 9.28 Å². The van der Waals surface area contributed by atoms with Gasteiger partial charge in [0.25, 0.3) is 0 Å². The van der Waals surface area contributed by atoms with Crippen molar-refractivity contribution in [3.05, 3.63) is 0 Å². The first-order chi connectivity index (χ1) is 5.29. The number of carbonyl (C=O) groups excluding carboxylic acids is 1. The van der Waals surface area contributed by atoms with E-state index in [4.69, 9.17) is 5.73 Å². The van der Waals surface area contributed by atoms with Crippen LogP contribution >= 0.6 is 0 Å². The number of hydrogen-bond acceptors (Lipinski definition) is 2. The van der Waals surface area contributed by atoms with Crippen LogP contribution in [0.5, 0.6) is 0 Å². The first-order valence-corrected chi connectivity index (χ1v) is 4.40. The van der Waals surface area contributed by atoms with E-state index < -0.39 is 0 Å². The monoisotopic (exact) mass is 155 g/mol. The molecule has 2 N–H and O–H groups in total. The van der Waals surface area contributed by atoms with Crippen LogP contribution < -0.4 is 5.73 Å². The Bertz CT molecular complexity index is 193. The summed E-state index contributed by atoms with van der Waals surface area (Å²) in [6, 6.07) is 0.653. The van der Waals surface area contributed by atoms with E-state index in [1.165, 1.54) is 6.42 Å². The third kappa shape index (κ3) is 0.914. The molecule has 62 valence electrons. The lowest BCUT2D eigenvalue weighted by atomic mass is 10.1. The molecule has 0 aromatic heterocycles. The number of nitrogens with two attached hydrogens (primary N) is 1. The second kappa shape index (κ2) is 2.29. The number of fused-ring (bicyclic) bond motifs is 1. The minimum absolute atomic E-state index is 0.437. The molecule has 11 heavy (non-hydrogen) atoms. The van der Waals surface area contributed by atoms with Gasteiger partial charge >= 0.3 is 5.91 Å². The lowest BCUT2D eigenvalue weighted by Crippen LogP contribution is -2.42. The largest absolute Gasteiger partial charge is 0.326 e. The molecule has 2 aliphatic heterocycles. The molecule has 0 bridgehead atoms. The van der Waals surface area contributed by atoms with Gasteiger partial charge in [0.05, 0.1) is 13.0 Å². The maximum Gasteiger partial charge on any atom is 0.314 e. The summed E-state index contributed by atoms with van der Waals surface area (Å²) in [5, 5.41) is 0. The number of amides is 1. The highest BCUT2D eigenvalue weighted by atomic mass is 16.2. The average molecular weight is 155 g/mol. The van der Waals surface area contributed by atoms with Crippen molar-refractivity contribution < 1.29 is 9.28 Å². The van der Waals surface area contributed by atoms with Gasteiger partial charge in [-0.2, -0.15) is 0 Å². The highest BCUT2D eigenvalue weighted by Crippen LogP contribution is 2.39. The summed E-state index contributed by atoms with van der Waals surface area (Å²) < 4.78 is 0.733. The van der Waals surface area contributed by atoms with E-state index in [2.05, 4.69) is 0 Å². The van der Waals surface area contributed by atoms with Crippen molar-refractivity contribution in [3.63, 3.8) is 0 Å². The molecule has 2 fully saturated rings. The summed E-state index contributed by atoms with van der Waals surface area (Å²) in [6.45, 7) is 2.61. The van der Waals surface area contributed by atoms with Crippen molar-refractivity contribution in [3.8, 4) is 0 Å². The number of nitrogens with zero attached hydrogens (tertiary/aromatic N) is 1. The molecular formula is C8H15N2O+. The fourth-order valence-electron chi connectivity index (χ4n) is 2.31. The standard InChI is InChI=1S/C8H15N2O/c9-4-5-10-6-7(10)2-1-3-8(10)11/h7H,1-6,9H2/q+1/t7-,10?/m0/s1. The van der Waals surface area contributed by atoms with Gasteiger partial charge in [0.2, 0.25) is 0 Å². The van der Waals surface area contributed by atoms with Crippen LogP contribution in [0.25, 0.3) is 0 Å². The second-order valence-corrected chi connectivity index (χ2v) is 3.67. The van der Waals surface area contributed by atoms with Crippen LogP contribution in [0.4, 0.5) is 0 Å². The van der Waals surface area contributed by atoms with Gasteiger partial charge in [0.15, 0.2) is 0 Å². The van der Waals surface area contributed by atoms with Crippen molar-refractivity contribution in [2.24, 2.45) is 5.73 Å². The van der Waals surface area contributed by atoms with Gasteiger partial charge in [-0.1, -0.05) is 0 Å². The Morgan fingerprint density at radius 2 is 2.45 bits per heavy atom. The zero-order chi connectivity index (χ0) is 7.90. The minimum Gasteiger partial charge on any atom is -0.326 e. The summed E-state index contributed by atoms with van der Waals surface area (Å²) >= 11 is 0. The molecular weight excluding hydrogens is 140 g/mol. The molecule has 0 aliphatic carbocycles. The molecule has 0 aromatic rings. The lowest BCUT2D eigenvalue weighted by Gasteiger charge is -2.20. The van der Waals surface area contributed by atoms with Crippen molar-refractivity contribution >= 4 is 5.91 Å². The van der Waals surface area contributed by atoms with Gasteiger partial charge in [0, 0.05) is 13.0 Å². The Labute approximate surface area is 66.8 Å². The summed E-state index contributed by atoms with van der Waals surface area (Å²) in [6.07, 6.45) is 3.14. The van der Waals surface area contributed by atoms with Crippen LogP contribution in [0.1, 0.15) is 19.3 Å². The quantitative estimate of drug-likeness (QED) is 0.445. The van der Waals surface area contributed by atoms with Gasteiger partial charge < -0.3 is 5.73 Å². The van der Waals surface area contributed by atoms with Gasteiger partial charge in [-0.15, -0.1) is 0 Å². The Hall–Kier alpha value is -0.410. The molecule has 0 spiro atoms. The van der Waals surface area contributed by atoms with Crippen LogP contribution in [0.3, 0.4) is 0 Å². The number of rotatable bonds is 2. The Morgan fingerprint density at radius 3 is 3.09 bits per heavy atom. The molecule has 0 radical (unpaired) electrons. The predicted octanol–water partition coefficient (Wildman–Crippen LogP) is -0.145. The van der Waals surface area contributed by atoms with Crippen molar-refractivity contribution in [1.82, 2.24) is 0 Å². The van der Waals surface area contributed by atoms with E-state index >= 15 is 0 Å². The summed E-state index contributed by atoms with van der Waals surface area (Å²) in [5.74, 6) is 0.437. The minimum atomic E-state index is 0.437. The molecule has 2 aliphatic rings. The van der Waals surface area contributed by atoms with E-state index in [0.29, 0.717) is 18.5 Å². The van der Waals surface area contributed by atoms with Crippen LogP contribution in [0, 0.1) is 0 Å². The number of quaternary nitrogens is 1. The maximum atomic E-state index is 11.5. The average Bonchev–Trinajstić information content (AvgIpc) is 2.66. The lowest BCUT2D eigenvalue weighted by molar-refractivity contribution is -0.736. The molecule has 1 amide bonds. The Balaban J connectivity index is 2.08. The zero-order valence-corrected chi connectivity index (χ0v) is 6.75. The van der Waals surface area contributed by atoms with E-state index in [-0.39, 0.29) is 0 Å². The summed E-state index contributed by atoms with van der Waals surface area (Å²) in [5.41, 5.74) is 5.47. The summed E-state index contributed by atoms with van der Waals surface area (Å²) in [4.78, 5) is 11.5. The molecule has 2 heterocycles. The normalized spacial score (nSPS) is 41.9. The fraction of sp³-hybridized carbons (Fsp3) is 0.875. The number of piperidine rings is 1. The molecule has 2 saturated heterocycles. The van der Waals surface area contributed by atoms with Gasteiger partial charge in [-0.05, 0) is 6.42 Å². The molecule has 0 saturated carbocycles. The molecule has 1 unspecified atom stereocenters. The van der Waals surface area contributed by atoms with E-state index in [9.17, 15) is 4.79 Å². The highest BCUT2D eigenvalue weighted by Gasteiger charge is 2.61. The van der Waals surface area contributed by atoms with E-state index in [0.717, 1.165) is 30.4 Å². The first-order valence-electron chi connectivity index (χ1n) is 4.40. The van der Waals surface area contributed by atoms with E-state index in [1.54, 1.807) is 0 Å². The van der Waals surface area contributed by atoms with Crippen molar-refractivity contribution in [2.45, 2.75) is 25.3 Å². The van der Waals surface area contributed by atoms with Crippen LogP contribution in [0.15, 0.2) is 0 Å². The highest BCUT2D eigenvalue weighted by molar-refractivity contribution is 5.71. The number of carbonyl (C=O) groups is 1. The Kier molecular flexibility index (Phi) is 1.51. The smallest absolute Gasteiger partial charge is 0.314 e. The maximum absolute atomic E-state index is 11.5. The molecule has 3 heteroatoms. The molecule has 2 rings (SSSR count). The zero-order valence-electron chi connectivity index (χ0n) is 6.75. The first kappa shape index (κ1) is 7.25. The van der Waals surface area contributed by atoms with Crippen molar-refractivity contribution in [1.29, 1.82) is 0 Å². The SMILES string of the molecule is NCC[N+]12C[C@@H]1CCCC2=O. The second-order valence-electron chi connectivity index (χ2n) is 3.67.